The lowest BCUT2D eigenvalue weighted by Gasteiger charge is -2.16. The minimum Gasteiger partial charge on any atom is -0.397 e. The van der Waals surface area contributed by atoms with Crippen LogP contribution in [-0.4, -0.2) is 0 Å². The van der Waals surface area contributed by atoms with Gasteiger partial charge in [0.05, 0.1) is 11.4 Å². The molecule has 0 aliphatic rings. The maximum absolute atomic E-state index is 6.13. The molecule has 0 fully saturated rings. The molecule has 4 rings (SSSR count). The van der Waals surface area contributed by atoms with Crippen LogP contribution >= 0.6 is 0 Å². The number of benzene rings is 4. The largest absolute Gasteiger partial charge is 0.397 e. The maximum Gasteiger partial charge on any atom is 0.0554 e. The van der Waals surface area contributed by atoms with E-state index in [0.29, 0.717) is 11.4 Å². The first-order valence-corrected chi connectivity index (χ1v) is 8.13. The highest BCUT2D eigenvalue weighted by Crippen LogP contribution is 2.40. The van der Waals surface area contributed by atoms with E-state index in [-0.39, 0.29) is 0 Å². The van der Waals surface area contributed by atoms with Gasteiger partial charge < -0.3 is 11.5 Å². The third-order valence-corrected chi connectivity index (χ3v) is 4.84. The number of nitrogens with two attached hydrogens (primary N) is 2. The van der Waals surface area contributed by atoms with Crippen molar-refractivity contribution in [2.45, 2.75) is 13.8 Å². The van der Waals surface area contributed by atoms with Crippen LogP contribution in [-0.2, 0) is 0 Å². The van der Waals surface area contributed by atoms with Gasteiger partial charge in [0.15, 0.2) is 0 Å². The number of fused-ring (bicyclic) bond motifs is 2. The molecule has 4 aromatic rings. The number of anilines is 2. The topological polar surface area (TPSA) is 52.0 Å². The molecule has 0 spiro atoms. The molecule has 24 heavy (non-hydrogen) atoms. The Kier molecular flexibility index (Phi) is 3.20. The standard InChI is InChI=1S/C22H20N2/c1-13-7-9-15(10-8-13)22-17-6-4-3-5-16(17)14(2)18-11-20(23)21(24)12-19(18)22/h3-12H,23-24H2,1-2H3. The van der Waals surface area contributed by atoms with Crippen LogP contribution in [0.15, 0.2) is 60.7 Å². The highest BCUT2D eigenvalue weighted by Gasteiger charge is 2.14. The summed E-state index contributed by atoms with van der Waals surface area (Å²) in [4.78, 5) is 0. The van der Waals surface area contributed by atoms with Crippen molar-refractivity contribution in [1.29, 1.82) is 0 Å². The molecule has 0 aromatic heterocycles. The fraction of sp³-hybridized carbons (Fsp3) is 0.0909. The smallest absolute Gasteiger partial charge is 0.0554 e. The Balaban J connectivity index is 2.25. The van der Waals surface area contributed by atoms with E-state index in [9.17, 15) is 0 Å². The second kappa shape index (κ2) is 5.27. The molecular weight excluding hydrogens is 292 g/mol. The average Bonchev–Trinajstić information content (AvgIpc) is 2.59. The lowest BCUT2D eigenvalue weighted by molar-refractivity contribution is 1.47. The number of aryl methyl sites for hydroxylation is 2. The van der Waals surface area contributed by atoms with Gasteiger partial charge in [-0.15, -0.1) is 0 Å². The van der Waals surface area contributed by atoms with E-state index in [2.05, 4.69) is 62.4 Å². The third kappa shape index (κ3) is 2.11. The van der Waals surface area contributed by atoms with Crippen LogP contribution < -0.4 is 11.5 Å². The monoisotopic (exact) mass is 312 g/mol. The van der Waals surface area contributed by atoms with Crippen LogP contribution in [0.4, 0.5) is 11.4 Å². The van der Waals surface area contributed by atoms with Crippen molar-refractivity contribution in [2.24, 2.45) is 0 Å². The molecule has 2 heteroatoms. The van der Waals surface area contributed by atoms with Gasteiger partial charge in [-0.2, -0.15) is 0 Å². The lowest BCUT2D eigenvalue weighted by atomic mass is 9.88. The molecule has 0 heterocycles. The van der Waals surface area contributed by atoms with Gasteiger partial charge in [-0.3, -0.25) is 0 Å². The van der Waals surface area contributed by atoms with Crippen molar-refractivity contribution >= 4 is 32.9 Å². The molecule has 4 aromatic carbocycles. The van der Waals surface area contributed by atoms with E-state index >= 15 is 0 Å². The van der Waals surface area contributed by atoms with E-state index in [0.717, 1.165) is 10.8 Å². The van der Waals surface area contributed by atoms with Gasteiger partial charge in [-0.1, -0.05) is 54.1 Å². The number of nitrogen functional groups attached to an aromatic ring is 2. The van der Waals surface area contributed by atoms with Gasteiger partial charge in [0.2, 0.25) is 0 Å². The van der Waals surface area contributed by atoms with Gasteiger partial charge in [-0.25, -0.2) is 0 Å². The lowest BCUT2D eigenvalue weighted by Crippen LogP contribution is -1.97. The maximum atomic E-state index is 6.13. The zero-order valence-electron chi connectivity index (χ0n) is 13.9. The SMILES string of the molecule is Cc1ccc(-c2c3ccccc3c(C)c3cc(N)c(N)cc23)cc1. The first kappa shape index (κ1) is 14.6. The zero-order chi connectivity index (χ0) is 16.8. The molecule has 2 nitrogen and oxygen atoms in total. The van der Waals surface area contributed by atoms with Crippen molar-refractivity contribution in [3.8, 4) is 11.1 Å². The van der Waals surface area contributed by atoms with E-state index in [1.54, 1.807) is 0 Å². The fourth-order valence-corrected chi connectivity index (χ4v) is 3.50. The van der Waals surface area contributed by atoms with Gasteiger partial charge in [0.1, 0.15) is 0 Å². The molecule has 0 aliphatic heterocycles. The van der Waals surface area contributed by atoms with Crippen molar-refractivity contribution in [1.82, 2.24) is 0 Å². The molecule has 0 saturated heterocycles. The van der Waals surface area contributed by atoms with Crippen LogP contribution in [0, 0.1) is 13.8 Å². The summed E-state index contributed by atoms with van der Waals surface area (Å²) in [5, 5.41) is 4.82. The third-order valence-electron chi connectivity index (χ3n) is 4.84. The van der Waals surface area contributed by atoms with Crippen molar-refractivity contribution in [2.75, 3.05) is 11.5 Å². The summed E-state index contributed by atoms with van der Waals surface area (Å²) in [5.41, 5.74) is 18.4. The molecule has 4 N–H and O–H groups in total. The highest BCUT2D eigenvalue weighted by atomic mass is 14.7. The summed E-state index contributed by atoms with van der Waals surface area (Å²) in [6.07, 6.45) is 0. The van der Waals surface area contributed by atoms with Crippen molar-refractivity contribution < 1.29 is 0 Å². The second-order valence-electron chi connectivity index (χ2n) is 6.44. The molecule has 0 amide bonds. The van der Waals surface area contributed by atoms with Crippen molar-refractivity contribution in [3.05, 3.63) is 71.8 Å². The normalized spacial score (nSPS) is 11.2. The minimum atomic E-state index is 0.630. The quantitative estimate of drug-likeness (QED) is 0.363. The molecule has 118 valence electrons. The predicted octanol–water partition coefficient (Wildman–Crippen LogP) is 5.44. The summed E-state index contributed by atoms with van der Waals surface area (Å²) in [6, 6.07) is 21.2. The summed E-state index contributed by atoms with van der Waals surface area (Å²) in [6.45, 7) is 4.26. The molecule has 0 bridgehead atoms. The molecule has 0 unspecified atom stereocenters. The molecule has 0 atom stereocenters. The molecular formula is C22H20N2. The molecule has 0 radical (unpaired) electrons. The Labute approximate surface area is 141 Å². The van der Waals surface area contributed by atoms with Crippen LogP contribution in [0.1, 0.15) is 11.1 Å². The van der Waals surface area contributed by atoms with Gasteiger partial charge >= 0.3 is 0 Å². The van der Waals surface area contributed by atoms with Crippen LogP contribution in [0.2, 0.25) is 0 Å². The van der Waals surface area contributed by atoms with Crippen LogP contribution in [0.25, 0.3) is 32.7 Å². The van der Waals surface area contributed by atoms with Gasteiger partial charge in [0, 0.05) is 0 Å². The first-order chi connectivity index (χ1) is 11.6. The Hall–Kier alpha value is -3.00. The zero-order valence-corrected chi connectivity index (χ0v) is 13.9. The number of rotatable bonds is 1. The predicted molar refractivity (Wildman–Crippen MR) is 105 cm³/mol. The summed E-state index contributed by atoms with van der Waals surface area (Å²) in [7, 11) is 0. The number of hydrogen-bond donors (Lipinski definition) is 2. The Bertz CT molecular complexity index is 1080. The second-order valence-corrected chi connectivity index (χ2v) is 6.44. The Morgan fingerprint density at radius 3 is 1.88 bits per heavy atom. The van der Waals surface area contributed by atoms with Gasteiger partial charge in [-0.05, 0) is 64.2 Å². The minimum absolute atomic E-state index is 0.630. The Morgan fingerprint density at radius 2 is 1.21 bits per heavy atom. The summed E-state index contributed by atoms with van der Waals surface area (Å²) < 4.78 is 0. The fourth-order valence-electron chi connectivity index (χ4n) is 3.50. The summed E-state index contributed by atoms with van der Waals surface area (Å²) >= 11 is 0. The van der Waals surface area contributed by atoms with E-state index in [1.165, 1.54) is 33.0 Å². The highest BCUT2D eigenvalue weighted by molar-refractivity contribution is 6.16. The Morgan fingerprint density at radius 1 is 0.625 bits per heavy atom. The van der Waals surface area contributed by atoms with Gasteiger partial charge in [0.25, 0.3) is 0 Å². The molecule has 0 aliphatic carbocycles. The van der Waals surface area contributed by atoms with E-state index in [4.69, 9.17) is 11.5 Å². The average molecular weight is 312 g/mol. The van der Waals surface area contributed by atoms with E-state index < -0.39 is 0 Å². The van der Waals surface area contributed by atoms with Crippen LogP contribution in [0.5, 0.6) is 0 Å². The number of hydrogen-bond acceptors (Lipinski definition) is 2. The summed E-state index contributed by atoms with van der Waals surface area (Å²) in [5.74, 6) is 0. The van der Waals surface area contributed by atoms with Crippen LogP contribution in [0.3, 0.4) is 0 Å². The van der Waals surface area contributed by atoms with Crippen molar-refractivity contribution in [3.63, 3.8) is 0 Å². The first-order valence-electron chi connectivity index (χ1n) is 8.13. The molecule has 0 saturated carbocycles. The van der Waals surface area contributed by atoms with E-state index in [1.807, 2.05) is 12.1 Å².